The lowest BCUT2D eigenvalue weighted by atomic mass is 10.1. The summed E-state index contributed by atoms with van der Waals surface area (Å²) in [5.41, 5.74) is -0.152. The molecule has 18 heavy (non-hydrogen) atoms. The van der Waals surface area contributed by atoms with Crippen LogP contribution in [0.3, 0.4) is 0 Å². The van der Waals surface area contributed by atoms with Crippen molar-refractivity contribution in [2.75, 3.05) is 0 Å². The Hall–Kier alpha value is -1.14. The molecule has 0 amide bonds. The third-order valence-electron chi connectivity index (χ3n) is 3.25. The highest BCUT2D eigenvalue weighted by molar-refractivity contribution is 6.74. The smallest absolute Gasteiger partial charge is 0.331 e. The average Bonchev–Trinajstić information content (AvgIpc) is 2.13. The zero-order chi connectivity index (χ0) is 14.7. The first-order valence-corrected chi connectivity index (χ1v) is 8.61. The predicted octanol–water partition coefficient (Wildman–Crippen LogP) is 2.49. The minimum absolute atomic E-state index is 0.134. The van der Waals surface area contributed by atoms with Crippen LogP contribution in [-0.4, -0.2) is 36.6 Å². The highest BCUT2D eigenvalue weighted by Crippen LogP contribution is 2.37. The maximum atomic E-state index is 11.1. The molecule has 0 aromatic carbocycles. The molecule has 5 nitrogen and oxygen atoms in total. The maximum Gasteiger partial charge on any atom is 0.331 e. The van der Waals surface area contributed by atoms with Crippen molar-refractivity contribution in [3.63, 3.8) is 0 Å². The molecule has 104 valence electrons. The second-order valence-electron chi connectivity index (χ2n) is 5.82. The van der Waals surface area contributed by atoms with Crippen LogP contribution in [0.4, 0.5) is 0 Å². The third-order valence-corrected chi connectivity index (χ3v) is 7.74. The van der Waals surface area contributed by atoms with E-state index < -0.39 is 26.4 Å². The number of rotatable bonds is 6. The molecule has 0 fully saturated rings. The second kappa shape index (κ2) is 5.66. The van der Waals surface area contributed by atoms with Crippen LogP contribution in [0.5, 0.6) is 0 Å². The minimum atomic E-state index is -2.25. The van der Waals surface area contributed by atoms with Crippen LogP contribution in [-0.2, 0) is 14.0 Å². The largest absolute Gasteiger partial charge is 0.479 e. The summed E-state index contributed by atoms with van der Waals surface area (Å²) >= 11 is 0. The fraction of sp³-hybridized carbons (Fsp3) is 0.667. The molecule has 0 saturated heterocycles. The summed E-state index contributed by atoms with van der Waals surface area (Å²) in [6.07, 6.45) is -1.34. The summed E-state index contributed by atoms with van der Waals surface area (Å²) in [6, 6.07) is 0. The first-order valence-electron chi connectivity index (χ1n) is 5.70. The van der Waals surface area contributed by atoms with Crippen LogP contribution in [0.1, 0.15) is 27.2 Å². The minimum Gasteiger partial charge on any atom is -0.479 e. The van der Waals surface area contributed by atoms with Crippen molar-refractivity contribution in [2.24, 2.45) is 0 Å². The van der Waals surface area contributed by atoms with E-state index in [1.807, 2.05) is 33.9 Å². The van der Waals surface area contributed by atoms with E-state index in [0.717, 1.165) is 0 Å². The van der Waals surface area contributed by atoms with Crippen LogP contribution in [0.2, 0.25) is 18.1 Å². The average molecular weight is 274 g/mol. The lowest BCUT2D eigenvalue weighted by molar-refractivity contribution is -0.145. The van der Waals surface area contributed by atoms with Gasteiger partial charge in [-0.25, -0.2) is 9.59 Å². The first kappa shape index (κ1) is 16.9. The van der Waals surface area contributed by atoms with Gasteiger partial charge >= 0.3 is 11.9 Å². The van der Waals surface area contributed by atoms with Crippen molar-refractivity contribution in [1.29, 1.82) is 0 Å². The van der Waals surface area contributed by atoms with Crippen molar-refractivity contribution in [1.82, 2.24) is 0 Å². The molecule has 0 spiro atoms. The number of aliphatic carboxylic acids is 2. The quantitative estimate of drug-likeness (QED) is 0.574. The highest BCUT2D eigenvalue weighted by Gasteiger charge is 2.41. The second-order valence-corrected chi connectivity index (χ2v) is 10.6. The SMILES string of the molecule is C=C(C[C@H](O[Si](C)(C)C(C)(C)C)C(=O)O)C(=O)O. The number of hydrogen-bond acceptors (Lipinski definition) is 3. The van der Waals surface area contributed by atoms with Gasteiger partial charge in [-0.2, -0.15) is 0 Å². The molecule has 0 aliphatic rings. The molecule has 6 heteroatoms. The van der Waals surface area contributed by atoms with Crippen molar-refractivity contribution in [3.05, 3.63) is 12.2 Å². The Kier molecular flexibility index (Phi) is 5.30. The zero-order valence-corrected chi connectivity index (χ0v) is 12.6. The van der Waals surface area contributed by atoms with Gasteiger partial charge in [-0.3, -0.25) is 0 Å². The number of hydrogen-bond donors (Lipinski definition) is 2. The Labute approximate surface area is 109 Å². The molecule has 0 unspecified atom stereocenters. The fourth-order valence-electron chi connectivity index (χ4n) is 1.02. The van der Waals surface area contributed by atoms with E-state index in [-0.39, 0.29) is 17.0 Å². The molecule has 0 aromatic heterocycles. The highest BCUT2D eigenvalue weighted by atomic mass is 28.4. The van der Waals surface area contributed by atoms with E-state index in [4.69, 9.17) is 14.6 Å². The van der Waals surface area contributed by atoms with Gasteiger partial charge in [0.15, 0.2) is 8.32 Å². The van der Waals surface area contributed by atoms with Crippen molar-refractivity contribution in [2.45, 2.75) is 51.4 Å². The van der Waals surface area contributed by atoms with Gasteiger partial charge < -0.3 is 14.6 Å². The Morgan fingerprint density at radius 1 is 1.28 bits per heavy atom. The Morgan fingerprint density at radius 3 is 2.00 bits per heavy atom. The molecule has 0 heterocycles. The Balaban J connectivity index is 4.91. The van der Waals surface area contributed by atoms with E-state index in [1.165, 1.54) is 0 Å². The van der Waals surface area contributed by atoms with E-state index in [2.05, 4.69) is 6.58 Å². The lowest BCUT2D eigenvalue weighted by Crippen LogP contribution is -2.46. The summed E-state index contributed by atoms with van der Waals surface area (Å²) in [4.78, 5) is 21.8. The van der Waals surface area contributed by atoms with E-state index >= 15 is 0 Å². The lowest BCUT2D eigenvalue weighted by Gasteiger charge is -2.38. The molecular weight excluding hydrogens is 252 g/mol. The summed E-state index contributed by atoms with van der Waals surface area (Å²) in [6.45, 7) is 13.2. The van der Waals surface area contributed by atoms with Crippen molar-refractivity contribution >= 4 is 20.3 Å². The monoisotopic (exact) mass is 274 g/mol. The van der Waals surface area contributed by atoms with Gasteiger partial charge in [0.1, 0.15) is 6.10 Å². The predicted molar refractivity (Wildman–Crippen MR) is 71.1 cm³/mol. The van der Waals surface area contributed by atoms with Gasteiger partial charge in [0.05, 0.1) is 0 Å². The molecule has 0 saturated carbocycles. The fourth-order valence-corrected chi connectivity index (χ4v) is 2.27. The molecule has 0 rings (SSSR count). The zero-order valence-electron chi connectivity index (χ0n) is 11.6. The Morgan fingerprint density at radius 2 is 1.72 bits per heavy atom. The molecule has 0 aromatic rings. The first-order chi connectivity index (χ1) is 7.88. The standard InChI is InChI=1S/C12H22O5Si/c1-8(10(13)14)7-9(11(15)16)17-18(5,6)12(2,3)4/h9H,1,7H2,2-6H3,(H,13,14)(H,15,16)/t9-/m0/s1. The van der Waals surface area contributed by atoms with Gasteiger partial charge in [-0.15, -0.1) is 0 Å². The van der Waals surface area contributed by atoms with E-state index in [0.29, 0.717) is 0 Å². The molecule has 0 aliphatic carbocycles. The molecule has 2 N–H and O–H groups in total. The van der Waals surface area contributed by atoms with Gasteiger partial charge in [0.2, 0.25) is 0 Å². The summed E-state index contributed by atoms with van der Waals surface area (Å²) < 4.78 is 5.70. The van der Waals surface area contributed by atoms with Gasteiger partial charge in [-0.1, -0.05) is 27.4 Å². The summed E-state index contributed by atoms with van der Waals surface area (Å²) in [5.74, 6) is -2.35. The van der Waals surface area contributed by atoms with Crippen LogP contribution < -0.4 is 0 Å². The van der Waals surface area contributed by atoms with Crippen LogP contribution >= 0.6 is 0 Å². The van der Waals surface area contributed by atoms with Crippen LogP contribution in [0.15, 0.2) is 12.2 Å². The van der Waals surface area contributed by atoms with Crippen molar-refractivity contribution < 1.29 is 24.2 Å². The molecular formula is C12H22O5Si. The summed E-state index contributed by atoms with van der Waals surface area (Å²) in [5, 5.41) is 17.7. The Bertz CT molecular complexity index is 354. The topological polar surface area (TPSA) is 83.8 Å². The van der Waals surface area contributed by atoms with E-state index in [9.17, 15) is 9.59 Å². The van der Waals surface area contributed by atoms with Crippen LogP contribution in [0.25, 0.3) is 0 Å². The number of carbonyl (C=O) groups is 2. The molecule has 0 aliphatic heterocycles. The number of carboxylic acids is 2. The number of carboxylic acid groups (broad SMARTS) is 2. The normalized spacial score (nSPS) is 14.1. The molecule has 1 atom stereocenters. The molecule has 0 radical (unpaired) electrons. The third kappa shape index (κ3) is 4.62. The van der Waals surface area contributed by atoms with Gasteiger partial charge in [-0.05, 0) is 18.1 Å². The maximum absolute atomic E-state index is 11.1. The van der Waals surface area contributed by atoms with Gasteiger partial charge in [0.25, 0.3) is 0 Å². The van der Waals surface area contributed by atoms with E-state index in [1.54, 1.807) is 0 Å². The summed E-state index contributed by atoms with van der Waals surface area (Å²) in [7, 11) is -2.25. The van der Waals surface area contributed by atoms with Crippen LogP contribution in [0, 0.1) is 0 Å². The van der Waals surface area contributed by atoms with Crippen molar-refractivity contribution in [3.8, 4) is 0 Å². The van der Waals surface area contributed by atoms with Gasteiger partial charge in [0, 0.05) is 12.0 Å². The molecule has 0 bridgehead atoms.